The molecule has 3 atom stereocenters. The number of rotatable bonds is 6. The lowest BCUT2D eigenvalue weighted by molar-refractivity contribution is -0.917. The third kappa shape index (κ3) is 4.72. The van der Waals surface area contributed by atoms with E-state index in [9.17, 15) is 10.2 Å². The Morgan fingerprint density at radius 1 is 1.07 bits per heavy atom. The zero-order valence-corrected chi connectivity index (χ0v) is 16.3. The maximum absolute atomic E-state index is 10.6. The monoisotopic (exact) mass is 373 g/mol. The normalized spacial score (nSPS) is 30.4. The fraction of sp³-hybridized carbons (Fsp3) is 0.636. The molecule has 2 aromatic rings. The van der Waals surface area contributed by atoms with Gasteiger partial charge in [-0.05, 0) is 30.4 Å². The molecule has 5 heteroatoms. The standard InChI is InChI=1S/C22H33N3O2/c26-19(16-25-14-9-17-5-1-3-7-21(17)25)15-24-12-10-18(11-13-24)23-20-6-2-4-8-22(20)27/h1,3,5,7,9,14,18-20,22-23,26-27H,2,4,6,8,10-13,15-16H2/p+2/t19-,20-,22+/m1/s1. The highest BCUT2D eigenvalue weighted by Crippen LogP contribution is 2.17. The molecule has 1 saturated heterocycles. The highest BCUT2D eigenvalue weighted by atomic mass is 16.3. The number of para-hydroxylation sites is 1. The van der Waals surface area contributed by atoms with Gasteiger partial charge in [0.2, 0.25) is 0 Å². The Bertz CT molecular complexity index is 723. The Morgan fingerprint density at radius 3 is 2.67 bits per heavy atom. The van der Waals surface area contributed by atoms with Crippen LogP contribution in [0.3, 0.4) is 0 Å². The van der Waals surface area contributed by atoms with E-state index in [0.717, 1.165) is 32.5 Å². The van der Waals surface area contributed by atoms with E-state index in [1.807, 2.05) is 0 Å². The Morgan fingerprint density at radius 2 is 1.85 bits per heavy atom. The third-order valence-corrected chi connectivity index (χ3v) is 6.65. The summed E-state index contributed by atoms with van der Waals surface area (Å²) in [5.41, 5.74) is 1.20. The van der Waals surface area contributed by atoms with Crippen LogP contribution in [0.2, 0.25) is 0 Å². The number of nitrogens with one attached hydrogen (secondary N) is 1. The fourth-order valence-electron chi connectivity index (χ4n) is 5.08. The lowest BCUT2D eigenvalue weighted by atomic mass is 9.91. The zero-order valence-electron chi connectivity index (χ0n) is 16.3. The minimum absolute atomic E-state index is 0.109. The second-order valence-corrected chi connectivity index (χ2v) is 8.68. The van der Waals surface area contributed by atoms with Crippen molar-refractivity contribution < 1.29 is 20.4 Å². The van der Waals surface area contributed by atoms with Gasteiger partial charge in [0.05, 0.1) is 25.7 Å². The summed E-state index contributed by atoms with van der Waals surface area (Å²) in [7, 11) is 0. The van der Waals surface area contributed by atoms with Crippen molar-refractivity contribution in [3.8, 4) is 0 Å². The van der Waals surface area contributed by atoms with E-state index >= 15 is 0 Å². The van der Waals surface area contributed by atoms with Crippen LogP contribution < -0.4 is 10.2 Å². The van der Waals surface area contributed by atoms with Crippen molar-refractivity contribution in [3.05, 3.63) is 36.5 Å². The molecule has 2 fully saturated rings. The van der Waals surface area contributed by atoms with Gasteiger partial charge in [-0.2, -0.15) is 0 Å². The number of hydrogen-bond acceptors (Lipinski definition) is 2. The quantitative estimate of drug-likeness (QED) is 0.572. The van der Waals surface area contributed by atoms with E-state index in [4.69, 9.17) is 0 Å². The van der Waals surface area contributed by atoms with Crippen LogP contribution >= 0.6 is 0 Å². The Balaban J connectivity index is 1.23. The maximum Gasteiger partial charge on any atom is 0.121 e. The highest BCUT2D eigenvalue weighted by molar-refractivity contribution is 5.79. The second-order valence-electron chi connectivity index (χ2n) is 8.68. The summed E-state index contributed by atoms with van der Waals surface area (Å²) < 4.78 is 2.17. The molecule has 27 heavy (non-hydrogen) atoms. The number of nitrogens with zero attached hydrogens (tertiary/aromatic N) is 1. The predicted octanol–water partition coefficient (Wildman–Crippen LogP) is -0.0836. The van der Waals surface area contributed by atoms with Gasteiger partial charge in [-0.25, -0.2) is 0 Å². The van der Waals surface area contributed by atoms with Crippen LogP contribution in [0.1, 0.15) is 38.5 Å². The fourth-order valence-corrected chi connectivity index (χ4v) is 5.08. The number of nitrogens with two attached hydrogens (primary N) is 1. The molecule has 0 spiro atoms. The van der Waals surface area contributed by atoms with E-state index in [-0.39, 0.29) is 12.2 Å². The molecule has 0 amide bonds. The van der Waals surface area contributed by atoms with E-state index < -0.39 is 0 Å². The molecule has 1 saturated carbocycles. The Kier molecular flexibility index (Phi) is 6.13. The van der Waals surface area contributed by atoms with Gasteiger partial charge >= 0.3 is 0 Å². The van der Waals surface area contributed by atoms with Crippen molar-refractivity contribution in [1.82, 2.24) is 4.57 Å². The minimum Gasteiger partial charge on any atom is -0.387 e. The molecule has 5 nitrogen and oxygen atoms in total. The van der Waals surface area contributed by atoms with Crippen molar-refractivity contribution in [2.45, 2.75) is 69.4 Å². The molecule has 0 unspecified atom stereocenters. The molecule has 148 valence electrons. The molecular weight excluding hydrogens is 338 g/mol. The topological polar surface area (TPSA) is 66.4 Å². The summed E-state index contributed by atoms with van der Waals surface area (Å²) in [6, 6.07) is 11.5. The molecule has 1 aromatic carbocycles. The molecule has 5 N–H and O–H groups in total. The first-order valence-electron chi connectivity index (χ1n) is 10.8. The number of benzene rings is 1. The SMILES string of the molecule is O[C@@H](Cn1ccc2ccccc21)C[NH+]1CCC([NH2+][C@@H]2CCCC[C@@H]2O)CC1. The van der Waals surface area contributed by atoms with Crippen LogP contribution in [0.4, 0.5) is 0 Å². The first-order valence-corrected chi connectivity index (χ1v) is 10.8. The van der Waals surface area contributed by atoms with Gasteiger partial charge in [0, 0.05) is 31.0 Å². The summed E-state index contributed by atoms with van der Waals surface area (Å²) in [6.45, 7) is 3.76. The van der Waals surface area contributed by atoms with Gasteiger partial charge in [-0.1, -0.05) is 24.6 Å². The number of aromatic nitrogens is 1. The number of aliphatic hydroxyl groups excluding tert-OH is 2. The summed E-state index contributed by atoms with van der Waals surface area (Å²) in [5, 5.41) is 24.5. The summed E-state index contributed by atoms with van der Waals surface area (Å²) in [4.78, 5) is 1.52. The second kappa shape index (κ2) is 8.74. The predicted molar refractivity (Wildman–Crippen MR) is 107 cm³/mol. The van der Waals surface area contributed by atoms with Crippen LogP contribution in [0, 0.1) is 0 Å². The molecule has 2 heterocycles. The number of piperidine rings is 1. The smallest absolute Gasteiger partial charge is 0.121 e. The van der Waals surface area contributed by atoms with Crippen molar-refractivity contribution >= 4 is 10.9 Å². The molecule has 1 aliphatic heterocycles. The number of likely N-dealkylation sites (tertiary alicyclic amines) is 1. The van der Waals surface area contributed by atoms with Gasteiger partial charge in [0.1, 0.15) is 24.8 Å². The maximum atomic E-state index is 10.6. The molecule has 1 aromatic heterocycles. The van der Waals surface area contributed by atoms with Crippen molar-refractivity contribution in [3.63, 3.8) is 0 Å². The number of hydrogen-bond donors (Lipinski definition) is 4. The molecule has 0 bridgehead atoms. The lowest BCUT2D eigenvalue weighted by Crippen LogP contribution is -3.16. The molecular formula is C22H35N3O2+2. The number of aliphatic hydroxyl groups is 2. The molecule has 0 radical (unpaired) electrons. The molecule has 4 rings (SSSR count). The van der Waals surface area contributed by atoms with E-state index in [0.29, 0.717) is 18.6 Å². The highest BCUT2D eigenvalue weighted by Gasteiger charge is 2.32. The van der Waals surface area contributed by atoms with Gasteiger partial charge in [-0.3, -0.25) is 0 Å². The minimum atomic E-state index is -0.309. The average molecular weight is 374 g/mol. The number of fused-ring (bicyclic) bond motifs is 1. The number of quaternary nitrogens is 2. The average Bonchev–Trinajstić information content (AvgIpc) is 3.08. The van der Waals surface area contributed by atoms with E-state index in [1.54, 1.807) is 0 Å². The van der Waals surface area contributed by atoms with Crippen LogP contribution in [0.15, 0.2) is 36.5 Å². The molecule has 1 aliphatic carbocycles. The van der Waals surface area contributed by atoms with Crippen molar-refractivity contribution in [2.24, 2.45) is 0 Å². The molecule has 2 aliphatic rings. The third-order valence-electron chi connectivity index (χ3n) is 6.65. The van der Waals surface area contributed by atoms with Crippen LogP contribution in [-0.4, -0.2) is 58.7 Å². The van der Waals surface area contributed by atoms with Gasteiger partial charge in [0.15, 0.2) is 0 Å². The van der Waals surface area contributed by atoms with E-state index in [2.05, 4.69) is 46.4 Å². The van der Waals surface area contributed by atoms with Crippen molar-refractivity contribution in [2.75, 3.05) is 19.6 Å². The van der Waals surface area contributed by atoms with Gasteiger partial charge in [0.25, 0.3) is 0 Å². The lowest BCUT2D eigenvalue weighted by Gasteiger charge is -2.33. The van der Waals surface area contributed by atoms with Crippen LogP contribution in [0.25, 0.3) is 10.9 Å². The van der Waals surface area contributed by atoms with E-state index in [1.165, 1.54) is 41.5 Å². The van der Waals surface area contributed by atoms with Crippen LogP contribution in [-0.2, 0) is 6.54 Å². The summed E-state index contributed by atoms with van der Waals surface area (Å²) in [6.07, 6.45) is 8.64. The first kappa shape index (κ1) is 18.9. The Hall–Kier alpha value is -1.40. The summed E-state index contributed by atoms with van der Waals surface area (Å²) in [5.74, 6) is 0. The van der Waals surface area contributed by atoms with Gasteiger partial charge < -0.3 is 25.0 Å². The van der Waals surface area contributed by atoms with Crippen molar-refractivity contribution in [1.29, 1.82) is 0 Å². The largest absolute Gasteiger partial charge is 0.387 e. The van der Waals surface area contributed by atoms with Crippen LogP contribution in [0.5, 0.6) is 0 Å². The zero-order chi connectivity index (χ0) is 18.6. The summed E-state index contributed by atoms with van der Waals surface area (Å²) >= 11 is 0. The first-order chi connectivity index (χ1) is 13.2. The van der Waals surface area contributed by atoms with Gasteiger partial charge in [-0.15, -0.1) is 0 Å². The Labute approximate surface area is 162 Å².